The molecule has 0 radical (unpaired) electrons. The Morgan fingerprint density at radius 3 is 2.28 bits per heavy atom. The number of nitrogens with zero attached hydrogens (tertiary/aromatic N) is 4. The summed E-state index contributed by atoms with van der Waals surface area (Å²) in [4.78, 5) is 18.8. The largest absolute Gasteiger partial charge is 0.387 e. The van der Waals surface area contributed by atoms with E-state index in [2.05, 4.69) is 14.8 Å². The first kappa shape index (κ1) is 17.1. The molecule has 1 aliphatic rings. The molecule has 1 aliphatic heterocycles. The van der Waals surface area contributed by atoms with E-state index in [-0.39, 0.29) is 12.2 Å². The summed E-state index contributed by atoms with van der Waals surface area (Å²) in [6, 6.07) is 11.0. The average Bonchev–Trinajstić information content (AvgIpc) is 2.67. The van der Waals surface area contributed by atoms with Crippen molar-refractivity contribution < 1.29 is 10.0 Å². The highest BCUT2D eigenvalue weighted by atomic mass is 16.6. The standard InChI is InChI=1S/C17H21N5O3/c18-11-16(23)13-1-3-14(4-2-13)20-7-9-21(10-8-20)17-6-5-15(12-19-17)22(24)25/h1-6,12,16,23H,7-11,18H2. The first-order valence-corrected chi connectivity index (χ1v) is 8.17. The third-order valence-electron chi connectivity index (χ3n) is 4.41. The van der Waals surface area contributed by atoms with Crippen molar-refractivity contribution in [2.75, 3.05) is 42.5 Å². The van der Waals surface area contributed by atoms with Crippen LogP contribution in [0.4, 0.5) is 17.2 Å². The third-order valence-corrected chi connectivity index (χ3v) is 4.41. The SMILES string of the molecule is NCC(O)c1ccc(N2CCN(c3ccc([N+](=O)[O-])cn3)CC2)cc1. The lowest BCUT2D eigenvalue weighted by atomic mass is 10.1. The molecule has 0 aliphatic carbocycles. The predicted octanol–water partition coefficient (Wildman–Crippen LogP) is 1.31. The molecule has 0 amide bonds. The summed E-state index contributed by atoms with van der Waals surface area (Å²) in [5.41, 5.74) is 7.39. The van der Waals surface area contributed by atoms with Gasteiger partial charge in [0.25, 0.3) is 5.69 Å². The average molecular weight is 343 g/mol. The van der Waals surface area contributed by atoms with E-state index in [9.17, 15) is 15.2 Å². The normalized spacial score (nSPS) is 15.9. The second-order valence-electron chi connectivity index (χ2n) is 5.95. The quantitative estimate of drug-likeness (QED) is 0.622. The van der Waals surface area contributed by atoms with Crippen LogP contribution in [0.2, 0.25) is 0 Å². The van der Waals surface area contributed by atoms with Crippen LogP contribution in [0.25, 0.3) is 0 Å². The van der Waals surface area contributed by atoms with E-state index < -0.39 is 11.0 Å². The van der Waals surface area contributed by atoms with E-state index in [4.69, 9.17) is 5.73 Å². The molecule has 8 nitrogen and oxygen atoms in total. The van der Waals surface area contributed by atoms with E-state index in [1.54, 1.807) is 6.07 Å². The van der Waals surface area contributed by atoms with Gasteiger partial charge in [-0.3, -0.25) is 10.1 Å². The summed E-state index contributed by atoms with van der Waals surface area (Å²) in [6.07, 6.45) is 0.669. The molecule has 8 heteroatoms. The molecule has 1 fully saturated rings. The van der Waals surface area contributed by atoms with Gasteiger partial charge >= 0.3 is 0 Å². The van der Waals surface area contributed by atoms with E-state index in [0.29, 0.717) is 0 Å². The molecule has 0 saturated carbocycles. The van der Waals surface area contributed by atoms with Crippen LogP contribution in [-0.2, 0) is 0 Å². The monoisotopic (exact) mass is 343 g/mol. The maximum Gasteiger partial charge on any atom is 0.287 e. The Hall–Kier alpha value is -2.71. The van der Waals surface area contributed by atoms with E-state index in [0.717, 1.165) is 43.2 Å². The van der Waals surface area contributed by atoms with Gasteiger partial charge in [-0.25, -0.2) is 4.98 Å². The summed E-state index contributed by atoms with van der Waals surface area (Å²) in [5.74, 6) is 0.756. The molecule has 1 aromatic heterocycles. The number of pyridine rings is 1. The van der Waals surface area contributed by atoms with Crippen molar-refractivity contribution >= 4 is 17.2 Å². The molecule has 132 valence electrons. The molecule has 2 heterocycles. The van der Waals surface area contributed by atoms with Crippen molar-refractivity contribution in [2.45, 2.75) is 6.10 Å². The van der Waals surface area contributed by atoms with Crippen molar-refractivity contribution in [2.24, 2.45) is 5.73 Å². The Balaban J connectivity index is 1.60. The van der Waals surface area contributed by atoms with E-state index in [1.807, 2.05) is 24.3 Å². The highest BCUT2D eigenvalue weighted by molar-refractivity contribution is 5.51. The van der Waals surface area contributed by atoms with Crippen molar-refractivity contribution in [3.05, 3.63) is 58.3 Å². The molecule has 1 atom stereocenters. The number of aliphatic hydroxyl groups is 1. The zero-order valence-corrected chi connectivity index (χ0v) is 13.8. The van der Waals surface area contributed by atoms with Crippen LogP contribution in [0.15, 0.2) is 42.6 Å². The number of nitrogens with two attached hydrogens (primary N) is 1. The maximum absolute atomic E-state index is 10.7. The van der Waals surface area contributed by atoms with Crippen molar-refractivity contribution in [1.29, 1.82) is 0 Å². The number of nitro groups is 1. The van der Waals surface area contributed by atoms with Gasteiger partial charge in [0, 0.05) is 44.5 Å². The number of aliphatic hydroxyl groups excluding tert-OH is 1. The second-order valence-corrected chi connectivity index (χ2v) is 5.95. The van der Waals surface area contributed by atoms with Crippen LogP contribution in [0.3, 0.4) is 0 Å². The Bertz CT molecular complexity index is 712. The predicted molar refractivity (Wildman–Crippen MR) is 95.8 cm³/mol. The van der Waals surface area contributed by atoms with Gasteiger partial charge in [-0.15, -0.1) is 0 Å². The van der Waals surface area contributed by atoms with E-state index in [1.165, 1.54) is 12.3 Å². The molecule has 3 rings (SSSR count). The van der Waals surface area contributed by atoms with Crippen molar-refractivity contribution in [3.63, 3.8) is 0 Å². The second kappa shape index (κ2) is 7.45. The van der Waals surface area contributed by atoms with Gasteiger partial charge in [-0.05, 0) is 23.8 Å². The minimum Gasteiger partial charge on any atom is -0.387 e. The lowest BCUT2D eigenvalue weighted by molar-refractivity contribution is -0.385. The van der Waals surface area contributed by atoms with Gasteiger partial charge in [0.05, 0.1) is 11.0 Å². The number of anilines is 2. The molecule has 25 heavy (non-hydrogen) atoms. The van der Waals surface area contributed by atoms with Gasteiger partial charge in [0.15, 0.2) is 0 Å². The number of hydrogen-bond acceptors (Lipinski definition) is 7. The van der Waals surface area contributed by atoms with Crippen LogP contribution in [-0.4, -0.2) is 47.7 Å². The molecular formula is C17H21N5O3. The third kappa shape index (κ3) is 3.86. The molecule has 3 N–H and O–H groups in total. The number of rotatable bonds is 5. The van der Waals surface area contributed by atoms with Crippen molar-refractivity contribution in [3.8, 4) is 0 Å². The summed E-state index contributed by atoms with van der Waals surface area (Å²) in [5, 5.41) is 20.4. The van der Waals surface area contributed by atoms with Crippen molar-refractivity contribution in [1.82, 2.24) is 4.98 Å². The Kier molecular flexibility index (Phi) is 5.11. The smallest absolute Gasteiger partial charge is 0.287 e. The highest BCUT2D eigenvalue weighted by Gasteiger charge is 2.19. The first-order chi connectivity index (χ1) is 12.1. The highest BCUT2D eigenvalue weighted by Crippen LogP contribution is 2.22. The van der Waals surface area contributed by atoms with Gasteiger partial charge in [0.1, 0.15) is 12.0 Å². The summed E-state index contributed by atoms with van der Waals surface area (Å²) >= 11 is 0. The fourth-order valence-corrected chi connectivity index (χ4v) is 2.91. The van der Waals surface area contributed by atoms with Gasteiger partial charge in [0.2, 0.25) is 0 Å². The molecule has 2 aromatic rings. The maximum atomic E-state index is 10.7. The summed E-state index contributed by atoms with van der Waals surface area (Å²) in [6.45, 7) is 3.45. The van der Waals surface area contributed by atoms with Crippen LogP contribution in [0.5, 0.6) is 0 Å². The Morgan fingerprint density at radius 2 is 1.76 bits per heavy atom. The molecule has 1 aromatic carbocycles. The fraction of sp³-hybridized carbons (Fsp3) is 0.353. The van der Waals surface area contributed by atoms with Crippen LogP contribution in [0.1, 0.15) is 11.7 Å². The zero-order chi connectivity index (χ0) is 17.8. The topological polar surface area (TPSA) is 109 Å². The minimum atomic E-state index is -0.626. The van der Waals surface area contributed by atoms with Gasteiger partial charge < -0.3 is 20.6 Å². The van der Waals surface area contributed by atoms with Crippen LogP contribution in [0, 0.1) is 10.1 Å². The molecule has 0 spiro atoms. The molecule has 0 bridgehead atoms. The van der Waals surface area contributed by atoms with Gasteiger partial charge in [-0.1, -0.05) is 12.1 Å². The number of piperazine rings is 1. The molecular weight excluding hydrogens is 322 g/mol. The molecule has 1 saturated heterocycles. The summed E-state index contributed by atoms with van der Waals surface area (Å²) in [7, 11) is 0. The van der Waals surface area contributed by atoms with Crippen LogP contribution < -0.4 is 15.5 Å². The Morgan fingerprint density at radius 1 is 1.12 bits per heavy atom. The fourth-order valence-electron chi connectivity index (χ4n) is 2.91. The lowest BCUT2D eigenvalue weighted by Crippen LogP contribution is -2.46. The number of hydrogen-bond donors (Lipinski definition) is 2. The minimum absolute atomic E-state index is 0.00198. The number of aromatic nitrogens is 1. The number of benzene rings is 1. The lowest BCUT2D eigenvalue weighted by Gasteiger charge is -2.36. The van der Waals surface area contributed by atoms with Gasteiger partial charge in [-0.2, -0.15) is 0 Å². The first-order valence-electron chi connectivity index (χ1n) is 8.17. The Labute approximate surface area is 145 Å². The summed E-state index contributed by atoms with van der Waals surface area (Å²) < 4.78 is 0. The zero-order valence-electron chi connectivity index (χ0n) is 13.8. The molecule has 1 unspecified atom stereocenters. The van der Waals surface area contributed by atoms with Crippen LogP contribution >= 0.6 is 0 Å². The van der Waals surface area contributed by atoms with E-state index >= 15 is 0 Å².